The number of carbonyl (C=O) groups is 1. The lowest BCUT2D eigenvalue weighted by Crippen LogP contribution is -2.39. The van der Waals surface area contributed by atoms with Gasteiger partial charge in [-0.05, 0) is 62.1 Å². The number of nitrogens with zero attached hydrogens (tertiary/aromatic N) is 2. The van der Waals surface area contributed by atoms with Gasteiger partial charge in [0, 0.05) is 19.1 Å². The molecular formula is C22H26N2OS. The molecule has 1 saturated heterocycles. The summed E-state index contributed by atoms with van der Waals surface area (Å²) in [6, 6.07) is 15.2. The summed E-state index contributed by atoms with van der Waals surface area (Å²) in [7, 11) is 0. The van der Waals surface area contributed by atoms with Crippen LogP contribution in [0.15, 0.2) is 47.8 Å². The van der Waals surface area contributed by atoms with Crippen molar-refractivity contribution in [3.63, 3.8) is 0 Å². The van der Waals surface area contributed by atoms with Crippen molar-refractivity contribution in [1.82, 2.24) is 9.47 Å². The van der Waals surface area contributed by atoms with Crippen LogP contribution in [0.4, 0.5) is 0 Å². The fourth-order valence-corrected chi connectivity index (χ4v) is 4.93. The molecule has 26 heavy (non-hydrogen) atoms. The molecule has 1 aliphatic heterocycles. The van der Waals surface area contributed by atoms with Crippen molar-refractivity contribution in [3.05, 3.63) is 59.1 Å². The van der Waals surface area contributed by atoms with Crippen molar-refractivity contribution < 1.29 is 4.79 Å². The largest absolute Gasteiger partial charge is 0.337 e. The highest BCUT2D eigenvalue weighted by molar-refractivity contribution is 7.17. The third-order valence-electron chi connectivity index (χ3n) is 5.46. The van der Waals surface area contributed by atoms with Crippen molar-refractivity contribution in [2.45, 2.75) is 39.2 Å². The van der Waals surface area contributed by atoms with Crippen LogP contribution in [0.5, 0.6) is 0 Å². The number of carbonyl (C=O) groups excluding carboxylic acids is 1. The maximum atomic E-state index is 13.2. The Kier molecular flexibility index (Phi) is 4.86. The van der Waals surface area contributed by atoms with E-state index in [1.165, 1.54) is 15.8 Å². The molecule has 0 radical (unpaired) electrons. The van der Waals surface area contributed by atoms with Gasteiger partial charge in [-0.3, -0.25) is 4.79 Å². The van der Waals surface area contributed by atoms with E-state index in [2.05, 4.69) is 71.2 Å². The van der Waals surface area contributed by atoms with Crippen molar-refractivity contribution in [2.75, 3.05) is 13.1 Å². The first-order valence-corrected chi connectivity index (χ1v) is 10.4. The lowest BCUT2D eigenvalue weighted by Gasteiger charge is -2.32. The summed E-state index contributed by atoms with van der Waals surface area (Å²) in [5.41, 5.74) is 3.45. The fraction of sp³-hybridized carbons (Fsp3) is 0.409. The summed E-state index contributed by atoms with van der Waals surface area (Å²) in [5, 5.41) is 2.10. The molecule has 4 heteroatoms. The van der Waals surface area contributed by atoms with E-state index >= 15 is 0 Å². The van der Waals surface area contributed by atoms with E-state index in [0.717, 1.165) is 38.0 Å². The van der Waals surface area contributed by atoms with Crippen molar-refractivity contribution >= 4 is 27.5 Å². The lowest BCUT2D eigenvalue weighted by atomic mass is 9.90. The number of thiophene rings is 1. The van der Waals surface area contributed by atoms with Gasteiger partial charge in [0.15, 0.2) is 0 Å². The lowest BCUT2D eigenvalue weighted by molar-refractivity contribution is 0.0678. The van der Waals surface area contributed by atoms with Crippen LogP contribution in [0.25, 0.3) is 10.2 Å². The number of amides is 1. The summed E-state index contributed by atoms with van der Waals surface area (Å²) in [6.45, 7) is 6.04. The number of aromatic nitrogens is 1. The van der Waals surface area contributed by atoms with Crippen LogP contribution in [0, 0.1) is 5.92 Å². The predicted molar refractivity (Wildman–Crippen MR) is 109 cm³/mol. The molecule has 0 unspecified atom stereocenters. The monoisotopic (exact) mass is 366 g/mol. The van der Waals surface area contributed by atoms with Crippen LogP contribution in [-0.4, -0.2) is 28.5 Å². The molecule has 3 aromatic rings. The van der Waals surface area contributed by atoms with Gasteiger partial charge in [0.25, 0.3) is 5.91 Å². The summed E-state index contributed by atoms with van der Waals surface area (Å²) in [6.07, 6.45) is 3.32. The average Bonchev–Trinajstić information content (AvgIpc) is 3.23. The molecule has 0 N–H and O–H groups in total. The second kappa shape index (κ2) is 7.28. The Balaban J connectivity index is 1.45. The minimum Gasteiger partial charge on any atom is -0.337 e. The van der Waals surface area contributed by atoms with Crippen molar-refractivity contribution in [1.29, 1.82) is 0 Å². The van der Waals surface area contributed by atoms with Gasteiger partial charge in [-0.25, -0.2) is 0 Å². The highest BCUT2D eigenvalue weighted by Crippen LogP contribution is 2.30. The smallest absolute Gasteiger partial charge is 0.270 e. The first-order chi connectivity index (χ1) is 12.6. The molecule has 0 aliphatic carbocycles. The Morgan fingerprint density at radius 2 is 1.88 bits per heavy atom. The molecule has 3 heterocycles. The summed E-state index contributed by atoms with van der Waals surface area (Å²) >= 11 is 1.71. The zero-order valence-electron chi connectivity index (χ0n) is 15.5. The van der Waals surface area contributed by atoms with E-state index in [9.17, 15) is 4.79 Å². The SMILES string of the molecule is CC(C)n1c(C(=O)N2CCC(Cc3ccccc3)CC2)cc2sccc21. The predicted octanol–water partition coefficient (Wildman–Crippen LogP) is 5.38. The number of rotatable bonds is 4. The first kappa shape index (κ1) is 17.3. The summed E-state index contributed by atoms with van der Waals surface area (Å²) in [5.74, 6) is 0.877. The van der Waals surface area contributed by atoms with Crippen LogP contribution in [0.2, 0.25) is 0 Å². The normalized spacial score (nSPS) is 15.9. The number of piperidine rings is 1. The minimum atomic E-state index is 0.195. The molecule has 1 aliphatic rings. The van der Waals surface area contributed by atoms with Gasteiger partial charge in [0.1, 0.15) is 5.69 Å². The molecule has 136 valence electrons. The Labute approximate surface area is 159 Å². The topological polar surface area (TPSA) is 25.2 Å². The molecule has 2 aromatic heterocycles. The van der Waals surface area contributed by atoms with Crippen molar-refractivity contribution in [3.8, 4) is 0 Å². The van der Waals surface area contributed by atoms with Gasteiger partial charge in [-0.1, -0.05) is 30.3 Å². The van der Waals surface area contributed by atoms with E-state index in [1.807, 2.05) is 0 Å². The molecule has 3 nitrogen and oxygen atoms in total. The first-order valence-electron chi connectivity index (χ1n) is 9.55. The van der Waals surface area contributed by atoms with Crippen LogP contribution in [0.3, 0.4) is 0 Å². The Morgan fingerprint density at radius 3 is 2.58 bits per heavy atom. The molecule has 0 atom stereocenters. The van der Waals surface area contributed by atoms with Crippen LogP contribution in [0.1, 0.15) is 48.8 Å². The highest BCUT2D eigenvalue weighted by Gasteiger charge is 2.27. The molecule has 1 amide bonds. The van der Waals surface area contributed by atoms with Crippen molar-refractivity contribution in [2.24, 2.45) is 5.92 Å². The van der Waals surface area contributed by atoms with Crippen LogP contribution >= 0.6 is 11.3 Å². The molecule has 1 fully saturated rings. The van der Waals surface area contributed by atoms with Gasteiger partial charge in [0.05, 0.1) is 10.2 Å². The fourth-order valence-electron chi connectivity index (χ4n) is 4.12. The molecular weight excluding hydrogens is 340 g/mol. The highest BCUT2D eigenvalue weighted by atomic mass is 32.1. The molecule has 4 rings (SSSR count). The number of benzene rings is 1. The second-order valence-corrected chi connectivity index (χ2v) is 8.54. The molecule has 0 spiro atoms. The zero-order valence-corrected chi connectivity index (χ0v) is 16.3. The van der Waals surface area contributed by atoms with Crippen LogP contribution < -0.4 is 0 Å². The van der Waals surface area contributed by atoms with Gasteiger partial charge in [0.2, 0.25) is 0 Å². The maximum Gasteiger partial charge on any atom is 0.270 e. The van der Waals surface area contributed by atoms with E-state index in [0.29, 0.717) is 5.92 Å². The third kappa shape index (κ3) is 3.30. The minimum absolute atomic E-state index is 0.195. The third-order valence-corrected chi connectivity index (χ3v) is 6.32. The Morgan fingerprint density at radius 1 is 1.15 bits per heavy atom. The summed E-state index contributed by atoms with van der Waals surface area (Å²) in [4.78, 5) is 15.2. The van der Waals surface area contributed by atoms with E-state index in [1.54, 1.807) is 11.3 Å². The van der Waals surface area contributed by atoms with Gasteiger partial charge < -0.3 is 9.47 Å². The van der Waals surface area contributed by atoms with Gasteiger partial charge in [-0.2, -0.15) is 0 Å². The second-order valence-electron chi connectivity index (χ2n) is 7.59. The van der Waals surface area contributed by atoms with E-state index in [4.69, 9.17) is 0 Å². The molecule has 0 bridgehead atoms. The average molecular weight is 367 g/mol. The number of likely N-dealkylation sites (tertiary alicyclic amines) is 1. The zero-order chi connectivity index (χ0) is 18.1. The molecule has 1 aromatic carbocycles. The quantitative estimate of drug-likeness (QED) is 0.609. The van der Waals surface area contributed by atoms with Gasteiger partial charge >= 0.3 is 0 Å². The van der Waals surface area contributed by atoms with E-state index < -0.39 is 0 Å². The standard InChI is InChI=1S/C22H26N2OS/c1-16(2)24-19-10-13-26-21(19)15-20(24)22(25)23-11-8-18(9-12-23)14-17-6-4-3-5-7-17/h3-7,10,13,15-16,18H,8-9,11-12,14H2,1-2H3. The van der Waals surface area contributed by atoms with E-state index in [-0.39, 0.29) is 11.9 Å². The Hall–Kier alpha value is -2.07. The number of hydrogen-bond acceptors (Lipinski definition) is 2. The number of fused-ring (bicyclic) bond motifs is 1. The molecule has 0 saturated carbocycles. The summed E-state index contributed by atoms with van der Waals surface area (Å²) < 4.78 is 3.41. The Bertz CT molecular complexity index is 885. The maximum absolute atomic E-state index is 13.2. The number of hydrogen-bond donors (Lipinski definition) is 0. The van der Waals surface area contributed by atoms with Gasteiger partial charge in [-0.15, -0.1) is 11.3 Å². The van der Waals surface area contributed by atoms with Crippen LogP contribution in [-0.2, 0) is 6.42 Å².